The quantitative estimate of drug-likeness (QED) is 0.696. The largest absolute Gasteiger partial charge is 0.443 e. The highest BCUT2D eigenvalue weighted by Gasteiger charge is 2.63. The molecule has 2 fully saturated rings. The average molecular weight is 244 g/mol. The maximum absolute atomic E-state index is 11.4. The molecule has 2 N–H and O–H groups in total. The summed E-state index contributed by atoms with van der Waals surface area (Å²) in [6, 6.07) is 0. The first-order chi connectivity index (χ1) is 7.72. The topological polar surface area (TPSA) is 88.1 Å². The van der Waals surface area contributed by atoms with Crippen molar-refractivity contribution in [3.8, 4) is 0 Å². The van der Waals surface area contributed by atoms with Crippen LogP contribution in [0.2, 0.25) is 0 Å². The number of amides is 2. The first kappa shape index (κ1) is 12.0. The molecule has 96 valence electrons. The fraction of sp³-hybridized carbons (Fsp3) is 0.800. The molecule has 1 saturated heterocycles. The van der Waals surface area contributed by atoms with E-state index in [9.17, 15) is 14.7 Å². The summed E-state index contributed by atoms with van der Waals surface area (Å²) in [6.07, 6.45) is -1.63. The number of rotatable bonds is 1. The van der Waals surface area contributed by atoms with Crippen molar-refractivity contribution in [3.05, 3.63) is 0 Å². The number of nitrogens with zero attached hydrogens (tertiary/aromatic N) is 1. The van der Waals surface area contributed by atoms with E-state index < -0.39 is 29.5 Å². The molecule has 1 heterocycles. The van der Waals surface area contributed by atoms with Gasteiger partial charge >= 0.3 is 12.2 Å². The van der Waals surface area contributed by atoms with Gasteiger partial charge < -0.3 is 14.6 Å². The third kappa shape index (κ3) is 2.44. The zero-order valence-corrected chi connectivity index (χ0v) is 10.0. The average Bonchev–Trinajstić information content (AvgIpc) is 2.59. The molecular formula is C10H16N2O5. The van der Waals surface area contributed by atoms with Gasteiger partial charge in [-0.05, 0) is 20.8 Å². The number of ether oxygens (including phenoxy) is 2. The van der Waals surface area contributed by atoms with Crippen LogP contribution in [0.1, 0.15) is 27.2 Å². The van der Waals surface area contributed by atoms with Crippen LogP contribution in [0.25, 0.3) is 0 Å². The fourth-order valence-electron chi connectivity index (χ4n) is 1.64. The monoisotopic (exact) mass is 244 g/mol. The van der Waals surface area contributed by atoms with Crippen LogP contribution in [-0.2, 0) is 9.47 Å². The maximum Gasteiger partial charge on any atom is 0.429 e. The summed E-state index contributed by atoms with van der Waals surface area (Å²) in [6.45, 7) is 5.31. The van der Waals surface area contributed by atoms with Crippen LogP contribution < -0.4 is 5.43 Å². The molecule has 0 aromatic heterocycles. The third-order valence-corrected chi connectivity index (χ3v) is 2.55. The summed E-state index contributed by atoms with van der Waals surface area (Å²) in [5, 5.41) is 10.3. The number of aliphatic hydroxyl groups excluding tert-OH is 1. The van der Waals surface area contributed by atoms with E-state index in [0.717, 1.165) is 5.01 Å². The Bertz CT molecular complexity index is 364. The summed E-state index contributed by atoms with van der Waals surface area (Å²) >= 11 is 0. The van der Waals surface area contributed by atoms with Gasteiger partial charge in [-0.3, -0.25) is 0 Å². The minimum Gasteiger partial charge on any atom is -0.443 e. The van der Waals surface area contributed by atoms with Gasteiger partial charge in [-0.1, -0.05) is 0 Å². The van der Waals surface area contributed by atoms with E-state index in [0.29, 0.717) is 6.42 Å². The number of nitrogens with one attached hydrogen (secondary N) is 1. The number of carbonyl (C=O) groups excluding carboxylic acids is 2. The van der Waals surface area contributed by atoms with Crippen LogP contribution >= 0.6 is 0 Å². The van der Waals surface area contributed by atoms with Crippen LogP contribution in [0, 0.1) is 0 Å². The highest BCUT2D eigenvalue weighted by atomic mass is 16.6. The standard InChI is InChI=1S/C10H16N2O5/c1-9(2,3)16-7(14)11-12-5-10(4-6(10)13)17-8(12)15/h6,13H,4-5H2,1-3H3,(H,11,14)/t6-,10?/m1/s1. The summed E-state index contributed by atoms with van der Waals surface area (Å²) in [5.41, 5.74) is 0.826. The Balaban J connectivity index is 1.88. The van der Waals surface area contributed by atoms with Gasteiger partial charge in [-0.2, -0.15) is 0 Å². The van der Waals surface area contributed by atoms with Crippen molar-refractivity contribution in [2.75, 3.05) is 6.54 Å². The Labute approximate surface area is 98.6 Å². The number of hydrogen-bond acceptors (Lipinski definition) is 5. The molecule has 17 heavy (non-hydrogen) atoms. The molecule has 7 heteroatoms. The van der Waals surface area contributed by atoms with Gasteiger partial charge in [-0.25, -0.2) is 20.0 Å². The van der Waals surface area contributed by atoms with Gasteiger partial charge in [0.15, 0.2) is 5.60 Å². The molecule has 2 amide bonds. The summed E-state index contributed by atoms with van der Waals surface area (Å²) < 4.78 is 9.98. The molecule has 0 radical (unpaired) electrons. The number of carbonyl (C=O) groups is 2. The highest BCUT2D eigenvalue weighted by Crippen LogP contribution is 2.44. The predicted molar refractivity (Wildman–Crippen MR) is 55.9 cm³/mol. The lowest BCUT2D eigenvalue weighted by Gasteiger charge is -2.22. The van der Waals surface area contributed by atoms with E-state index in [2.05, 4.69) is 5.43 Å². The van der Waals surface area contributed by atoms with Crippen LogP contribution in [0.4, 0.5) is 9.59 Å². The van der Waals surface area contributed by atoms with Crippen molar-refractivity contribution in [2.24, 2.45) is 0 Å². The van der Waals surface area contributed by atoms with Gasteiger partial charge in [0.05, 0.1) is 12.6 Å². The molecule has 2 atom stereocenters. The Morgan fingerprint density at radius 3 is 2.65 bits per heavy atom. The van der Waals surface area contributed by atoms with Gasteiger partial charge in [0.25, 0.3) is 0 Å². The second kappa shape index (κ2) is 3.49. The van der Waals surface area contributed by atoms with E-state index in [1.807, 2.05) is 0 Å². The maximum atomic E-state index is 11.4. The Kier molecular flexibility index (Phi) is 2.46. The third-order valence-electron chi connectivity index (χ3n) is 2.55. The Morgan fingerprint density at radius 1 is 1.65 bits per heavy atom. The Morgan fingerprint density at radius 2 is 2.24 bits per heavy atom. The van der Waals surface area contributed by atoms with Gasteiger partial charge in [-0.15, -0.1) is 0 Å². The summed E-state index contributed by atoms with van der Waals surface area (Å²) in [5.74, 6) is 0. The van der Waals surface area contributed by atoms with E-state index in [4.69, 9.17) is 9.47 Å². The molecule has 2 rings (SSSR count). The molecule has 7 nitrogen and oxygen atoms in total. The van der Waals surface area contributed by atoms with E-state index >= 15 is 0 Å². The number of hydrogen-bond donors (Lipinski definition) is 2. The van der Waals surface area contributed by atoms with Crippen LogP contribution in [0.5, 0.6) is 0 Å². The van der Waals surface area contributed by atoms with Crippen molar-refractivity contribution >= 4 is 12.2 Å². The first-order valence-corrected chi connectivity index (χ1v) is 5.40. The minimum atomic E-state index is -0.827. The molecule has 0 aromatic rings. The molecule has 1 aliphatic carbocycles. The SMILES string of the molecule is CC(C)(C)OC(=O)NN1CC2(C[C@H]2O)OC1=O. The van der Waals surface area contributed by atoms with Crippen molar-refractivity contribution in [3.63, 3.8) is 0 Å². The fourth-order valence-corrected chi connectivity index (χ4v) is 1.64. The number of hydrazine groups is 1. The van der Waals surface area contributed by atoms with Crippen molar-refractivity contribution < 1.29 is 24.2 Å². The first-order valence-electron chi connectivity index (χ1n) is 5.40. The summed E-state index contributed by atoms with van der Waals surface area (Å²) in [7, 11) is 0. The van der Waals surface area contributed by atoms with Crippen molar-refractivity contribution in [1.29, 1.82) is 0 Å². The zero-order valence-electron chi connectivity index (χ0n) is 10.0. The lowest BCUT2D eigenvalue weighted by molar-refractivity contribution is 0.0389. The van der Waals surface area contributed by atoms with Crippen LogP contribution in [0.15, 0.2) is 0 Å². The molecule has 1 saturated carbocycles. The molecule has 1 unspecified atom stereocenters. The van der Waals surface area contributed by atoms with Crippen molar-refractivity contribution in [2.45, 2.75) is 44.5 Å². The molecule has 1 aliphatic heterocycles. The molecule has 2 aliphatic rings. The lowest BCUT2D eigenvalue weighted by atomic mass is 10.2. The second-order valence-electron chi connectivity index (χ2n) is 5.35. The van der Waals surface area contributed by atoms with Gasteiger partial charge in [0.2, 0.25) is 0 Å². The van der Waals surface area contributed by atoms with Crippen LogP contribution in [0.3, 0.4) is 0 Å². The van der Waals surface area contributed by atoms with Crippen molar-refractivity contribution in [1.82, 2.24) is 10.4 Å². The Hall–Kier alpha value is -1.50. The predicted octanol–water partition coefficient (Wildman–Crippen LogP) is 0.382. The highest BCUT2D eigenvalue weighted by molar-refractivity contribution is 5.76. The van der Waals surface area contributed by atoms with Gasteiger partial charge in [0.1, 0.15) is 5.60 Å². The second-order valence-corrected chi connectivity index (χ2v) is 5.35. The lowest BCUT2D eigenvalue weighted by Crippen LogP contribution is -2.45. The molecule has 0 bridgehead atoms. The molecular weight excluding hydrogens is 228 g/mol. The normalized spacial score (nSPS) is 31.4. The minimum absolute atomic E-state index is 0.145. The number of aliphatic hydroxyl groups is 1. The van der Waals surface area contributed by atoms with Gasteiger partial charge in [0, 0.05) is 6.42 Å². The molecule has 1 spiro atoms. The van der Waals surface area contributed by atoms with E-state index in [1.54, 1.807) is 20.8 Å². The smallest absolute Gasteiger partial charge is 0.429 e. The van der Waals surface area contributed by atoms with Crippen LogP contribution in [-0.4, -0.2) is 46.2 Å². The van der Waals surface area contributed by atoms with E-state index in [-0.39, 0.29) is 6.54 Å². The summed E-state index contributed by atoms with van der Waals surface area (Å²) in [4.78, 5) is 22.8. The zero-order chi connectivity index (χ0) is 12.8. The molecule has 0 aromatic carbocycles. The van der Waals surface area contributed by atoms with E-state index in [1.165, 1.54) is 0 Å².